The van der Waals surface area contributed by atoms with E-state index in [0.29, 0.717) is 18.4 Å². The largest absolute Gasteiger partial charge is 0.465 e. The van der Waals surface area contributed by atoms with Crippen LogP contribution < -0.4 is 0 Å². The third-order valence-electron chi connectivity index (χ3n) is 7.56. The highest BCUT2D eigenvalue weighted by Gasteiger charge is 2.90. The topological polar surface area (TPSA) is 69.7 Å². The Balaban J connectivity index is 1.70. The maximum Gasteiger partial charge on any atom is 0.323 e. The van der Waals surface area contributed by atoms with Crippen molar-refractivity contribution >= 4 is 17.7 Å². The summed E-state index contributed by atoms with van der Waals surface area (Å²) in [7, 11) is 0. The third kappa shape index (κ3) is 2.22. The Morgan fingerprint density at radius 2 is 1.57 bits per heavy atom. The molecule has 4 unspecified atom stereocenters. The van der Waals surface area contributed by atoms with Crippen LogP contribution in [0.3, 0.4) is 0 Å². The van der Waals surface area contributed by atoms with Crippen molar-refractivity contribution in [1.82, 2.24) is 0 Å². The molecule has 1 spiro atoms. The lowest BCUT2D eigenvalue weighted by molar-refractivity contribution is -0.172. The molecular weight excluding hydrogens is 356 g/mol. The molecule has 28 heavy (non-hydrogen) atoms. The number of carbonyl (C=O) groups excluding carboxylic acids is 3. The minimum absolute atomic E-state index is 0.0875. The number of hydrogen-bond donors (Lipinski definition) is 0. The van der Waals surface area contributed by atoms with Crippen LogP contribution in [0.2, 0.25) is 0 Å². The van der Waals surface area contributed by atoms with E-state index in [1.807, 2.05) is 30.3 Å². The second-order valence-corrected chi connectivity index (χ2v) is 9.08. The van der Waals surface area contributed by atoms with Gasteiger partial charge in [0.25, 0.3) is 0 Å². The maximum absolute atomic E-state index is 13.3. The van der Waals surface area contributed by atoms with Crippen molar-refractivity contribution in [1.29, 1.82) is 0 Å². The summed E-state index contributed by atoms with van der Waals surface area (Å²) in [6.07, 6.45) is 0.770. The van der Waals surface area contributed by atoms with Crippen LogP contribution in [0.5, 0.6) is 0 Å². The second kappa shape index (κ2) is 6.16. The smallest absolute Gasteiger partial charge is 0.323 e. The van der Waals surface area contributed by atoms with E-state index in [1.165, 1.54) is 0 Å². The van der Waals surface area contributed by atoms with E-state index < -0.39 is 17.4 Å². The van der Waals surface area contributed by atoms with Gasteiger partial charge in [-0.3, -0.25) is 14.4 Å². The first kappa shape index (κ1) is 19.2. The number of benzene rings is 1. The molecule has 1 aromatic rings. The number of hydrogen-bond acceptors (Lipinski definition) is 5. The highest BCUT2D eigenvalue weighted by Crippen LogP contribution is 2.90. The Kier molecular flexibility index (Phi) is 4.22. The fourth-order valence-corrected chi connectivity index (χ4v) is 6.68. The summed E-state index contributed by atoms with van der Waals surface area (Å²) in [5.41, 5.74) is -0.948. The molecular formula is C23H28O5. The highest BCUT2D eigenvalue weighted by molar-refractivity contribution is 6.04. The van der Waals surface area contributed by atoms with Crippen molar-refractivity contribution in [3.05, 3.63) is 35.9 Å². The predicted molar refractivity (Wildman–Crippen MR) is 102 cm³/mol. The molecule has 0 radical (unpaired) electrons. The van der Waals surface area contributed by atoms with Gasteiger partial charge in [0.1, 0.15) is 0 Å². The highest BCUT2D eigenvalue weighted by atomic mass is 16.6. The number of rotatable bonds is 6. The van der Waals surface area contributed by atoms with Gasteiger partial charge < -0.3 is 9.47 Å². The molecule has 5 heteroatoms. The normalized spacial score (nSPS) is 33.1. The van der Waals surface area contributed by atoms with Gasteiger partial charge in [-0.25, -0.2) is 0 Å². The van der Waals surface area contributed by atoms with Gasteiger partial charge >= 0.3 is 11.9 Å². The number of ketones is 1. The van der Waals surface area contributed by atoms with Crippen LogP contribution in [0.4, 0.5) is 0 Å². The molecule has 0 aromatic heterocycles. The van der Waals surface area contributed by atoms with Crippen LogP contribution in [0.25, 0.3) is 0 Å². The molecule has 4 atom stereocenters. The van der Waals surface area contributed by atoms with Crippen molar-refractivity contribution in [2.24, 2.45) is 34.0 Å². The molecule has 3 aliphatic carbocycles. The quantitative estimate of drug-likeness (QED) is 0.425. The zero-order valence-electron chi connectivity index (χ0n) is 17.0. The van der Waals surface area contributed by atoms with Crippen LogP contribution in [-0.2, 0) is 19.1 Å². The summed E-state index contributed by atoms with van der Waals surface area (Å²) in [4.78, 5) is 39.1. The first-order chi connectivity index (χ1) is 13.3. The molecule has 3 aliphatic rings. The molecule has 1 aromatic carbocycles. The molecule has 3 fully saturated rings. The van der Waals surface area contributed by atoms with E-state index in [4.69, 9.17) is 9.47 Å². The number of Topliss-reactive ketones (excluding diaryl/α,β-unsaturated/α-hetero) is 1. The van der Waals surface area contributed by atoms with Gasteiger partial charge in [-0.2, -0.15) is 0 Å². The Labute approximate surface area is 165 Å². The first-order valence-electron chi connectivity index (χ1n) is 10.2. The van der Waals surface area contributed by atoms with Gasteiger partial charge in [0.15, 0.2) is 11.2 Å². The zero-order chi connectivity index (χ0) is 20.3. The number of ether oxygens (including phenoxy) is 2. The minimum Gasteiger partial charge on any atom is -0.465 e. The summed E-state index contributed by atoms with van der Waals surface area (Å²) >= 11 is 0. The number of carbonyl (C=O) groups is 3. The minimum atomic E-state index is -1.28. The molecule has 5 nitrogen and oxygen atoms in total. The van der Waals surface area contributed by atoms with E-state index in [1.54, 1.807) is 13.8 Å². The summed E-state index contributed by atoms with van der Waals surface area (Å²) < 4.78 is 10.6. The Morgan fingerprint density at radius 3 is 2.11 bits per heavy atom. The Bertz CT molecular complexity index is 809. The lowest BCUT2D eigenvalue weighted by atomic mass is 9.57. The standard InChI is InChI=1S/C23H28O5/c1-5-27-19(25)22(20(26)28-6-2)12-15-21(3,4)18-16(23(15,18)13-22)17(24)14-10-8-7-9-11-14/h7-11,15-16,18H,5-6,12-13H2,1-4H3. The molecule has 0 aliphatic heterocycles. The molecule has 3 saturated carbocycles. The molecule has 0 N–H and O–H groups in total. The SMILES string of the molecule is CCOC(=O)C1(C(=O)OCC)CC2C(C)(C)C3C(C(=O)c4ccccc4)C23C1. The van der Waals surface area contributed by atoms with Crippen molar-refractivity contribution in [2.45, 2.75) is 40.5 Å². The Morgan fingerprint density at radius 1 is 1.00 bits per heavy atom. The van der Waals surface area contributed by atoms with Gasteiger partial charge in [0.05, 0.1) is 13.2 Å². The van der Waals surface area contributed by atoms with Crippen LogP contribution in [-0.4, -0.2) is 30.9 Å². The number of esters is 2. The summed E-state index contributed by atoms with van der Waals surface area (Å²) in [6.45, 7) is 8.23. The molecule has 4 rings (SSSR count). The van der Waals surface area contributed by atoms with Crippen molar-refractivity contribution in [3.8, 4) is 0 Å². The van der Waals surface area contributed by atoms with Gasteiger partial charge in [-0.1, -0.05) is 44.2 Å². The molecule has 0 heterocycles. The van der Waals surface area contributed by atoms with Crippen molar-refractivity contribution in [3.63, 3.8) is 0 Å². The van der Waals surface area contributed by atoms with E-state index in [-0.39, 0.29) is 47.6 Å². The van der Waals surface area contributed by atoms with Crippen LogP contribution in [0.15, 0.2) is 30.3 Å². The lowest BCUT2D eigenvalue weighted by Crippen LogP contribution is -2.42. The van der Waals surface area contributed by atoms with E-state index in [0.717, 1.165) is 0 Å². The average molecular weight is 384 g/mol. The van der Waals surface area contributed by atoms with Gasteiger partial charge in [-0.15, -0.1) is 0 Å². The lowest BCUT2D eigenvalue weighted by Gasteiger charge is -2.47. The van der Waals surface area contributed by atoms with Gasteiger partial charge in [0.2, 0.25) is 0 Å². The van der Waals surface area contributed by atoms with Crippen molar-refractivity contribution < 1.29 is 23.9 Å². The van der Waals surface area contributed by atoms with Gasteiger partial charge in [0, 0.05) is 11.5 Å². The van der Waals surface area contributed by atoms with Crippen LogP contribution in [0, 0.1) is 34.0 Å². The second-order valence-electron chi connectivity index (χ2n) is 9.08. The monoisotopic (exact) mass is 384 g/mol. The molecule has 0 bridgehead atoms. The van der Waals surface area contributed by atoms with Gasteiger partial charge in [-0.05, 0) is 49.4 Å². The van der Waals surface area contributed by atoms with E-state index >= 15 is 0 Å². The first-order valence-corrected chi connectivity index (χ1v) is 10.2. The van der Waals surface area contributed by atoms with Crippen molar-refractivity contribution in [2.75, 3.05) is 13.2 Å². The predicted octanol–water partition coefficient (Wildman–Crippen LogP) is 3.66. The maximum atomic E-state index is 13.3. The summed E-state index contributed by atoms with van der Waals surface area (Å²) in [5.74, 6) is -0.667. The van der Waals surface area contributed by atoms with Crippen LogP contribution >= 0.6 is 0 Å². The molecule has 0 saturated heterocycles. The van der Waals surface area contributed by atoms with Crippen LogP contribution in [0.1, 0.15) is 50.9 Å². The fourth-order valence-electron chi connectivity index (χ4n) is 6.68. The summed E-state index contributed by atoms with van der Waals surface area (Å²) in [5, 5.41) is 0. The molecule has 150 valence electrons. The third-order valence-corrected chi connectivity index (χ3v) is 7.56. The summed E-state index contributed by atoms with van der Waals surface area (Å²) in [6, 6.07) is 9.32. The van der Waals surface area contributed by atoms with E-state index in [9.17, 15) is 14.4 Å². The fraction of sp³-hybridized carbons (Fsp3) is 0.609. The average Bonchev–Trinajstić information content (AvgIpc) is 3.15. The Hall–Kier alpha value is -2.17. The van der Waals surface area contributed by atoms with E-state index in [2.05, 4.69) is 13.8 Å². The zero-order valence-corrected chi connectivity index (χ0v) is 17.0. The molecule has 0 amide bonds.